The predicted molar refractivity (Wildman–Crippen MR) is 64.2 cm³/mol. The Kier molecular flexibility index (Phi) is 3.90. The van der Waals surface area contributed by atoms with E-state index in [1.54, 1.807) is 0 Å². The van der Waals surface area contributed by atoms with Gasteiger partial charge in [0.1, 0.15) is 0 Å². The quantitative estimate of drug-likeness (QED) is 0.448. The van der Waals surface area contributed by atoms with E-state index in [1.165, 1.54) is 22.3 Å². The highest BCUT2D eigenvalue weighted by atomic mass is 15.2. The molecule has 0 aromatic heterocycles. The molecule has 1 aromatic rings. The molecule has 1 rings (SSSR count). The zero-order valence-electron chi connectivity index (χ0n) is 9.59. The number of nitrogens with two attached hydrogens (primary N) is 1. The van der Waals surface area contributed by atoms with Gasteiger partial charge in [-0.1, -0.05) is 17.7 Å². The molecule has 0 fully saturated rings. The lowest BCUT2D eigenvalue weighted by atomic mass is 9.93. The van der Waals surface area contributed by atoms with Gasteiger partial charge in [0.05, 0.1) is 6.04 Å². The number of benzene rings is 1. The van der Waals surface area contributed by atoms with Crippen LogP contribution in [0.1, 0.15) is 34.7 Å². The van der Waals surface area contributed by atoms with E-state index in [2.05, 4.69) is 44.3 Å². The number of rotatable bonds is 3. The van der Waals surface area contributed by atoms with E-state index in [4.69, 9.17) is 12.3 Å². The lowest BCUT2D eigenvalue weighted by molar-refractivity contribution is 0.562. The van der Waals surface area contributed by atoms with E-state index < -0.39 is 0 Å². The maximum Gasteiger partial charge on any atom is 0.0574 e. The summed E-state index contributed by atoms with van der Waals surface area (Å²) in [5, 5.41) is 0. The number of terminal acetylenes is 1. The third-order valence-corrected chi connectivity index (χ3v) is 2.61. The van der Waals surface area contributed by atoms with Crippen LogP contribution in [0, 0.1) is 33.1 Å². The van der Waals surface area contributed by atoms with Gasteiger partial charge in [0, 0.05) is 6.42 Å². The fourth-order valence-electron chi connectivity index (χ4n) is 2.10. The van der Waals surface area contributed by atoms with Crippen molar-refractivity contribution in [1.82, 2.24) is 5.43 Å². The normalized spacial score (nSPS) is 12.2. The molecule has 15 heavy (non-hydrogen) atoms. The molecule has 1 unspecified atom stereocenters. The first kappa shape index (κ1) is 11.8. The molecule has 3 N–H and O–H groups in total. The van der Waals surface area contributed by atoms with Gasteiger partial charge in [0.15, 0.2) is 0 Å². The molecule has 0 aliphatic heterocycles. The van der Waals surface area contributed by atoms with Crippen LogP contribution in [0.15, 0.2) is 12.1 Å². The summed E-state index contributed by atoms with van der Waals surface area (Å²) in [6, 6.07) is 4.36. The van der Waals surface area contributed by atoms with Gasteiger partial charge in [-0.15, -0.1) is 12.3 Å². The standard InChI is InChI=1S/C13H18N2/c1-5-6-12(15-14)13-10(3)7-9(2)8-11(13)4/h1,7-8,12,15H,6,14H2,2-4H3. The van der Waals surface area contributed by atoms with Gasteiger partial charge >= 0.3 is 0 Å². The minimum atomic E-state index is 0.0515. The third-order valence-electron chi connectivity index (χ3n) is 2.61. The number of hydrogen-bond acceptors (Lipinski definition) is 2. The largest absolute Gasteiger partial charge is 0.271 e. The van der Waals surface area contributed by atoms with Crippen molar-refractivity contribution in [3.63, 3.8) is 0 Å². The highest BCUT2D eigenvalue weighted by Crippen LogP contribution is 2.24. The Morgan fingerprint density at radius 3 is 2.27 bits per heavy atom. The highest BCUT2D eigenvalue weighted by molar-refractivity contribution is 5.40. The number of nitrogens with one attached hydrogen (secondary N) is 1. The molecular formula is C13H18N2. The second kappa shape index (κ2) is 4.97. The first-order valence-electron chi connectivity index (χ1n) is 5.07. The Labute approximate surface area is 91.8 Å². The summed E-state index contributed by atoms with van der Waals surface area (Å²) in [6.07, 6.45) is 5.94. The molecule has 0 saturated heterocycles. The summed E-state index contributed by atoms with van der Waals surface area (Å²) < 4.78 is 0. The molecule has 0 saturated carbocycles. The van der Waals surface area contributed by atoms with Crippen LogP contribution in [0.4, 0.5) is 0 Å². The Morgan fingerprint density at radius 1 is 1.33 bits per heavy atom. The van der Waals surface area contributed by atoms with Crippen LogP contribution in [0.25, 0.3) is 0 Å². The maximum atomic E-state index is 5.52. The number of hydrogen-bond donors (Lipinski definition) is 2. The summed E-state index contributed by atoms with van der Waals surface area (Å²) in [7, 11) is 0. The molecular weight excluding hydrogens is 184 g/mol. The van der Waals surface area contributed by atoms with Gasteiger partial charge in [0.2, 0.25) is 0 Å². The van der Waals surface area contributed by atoms with Crippen LogP contribution in [-0.4, -0.2) is 0 Å². The highest BCUT2D eigenvalue weighted by Gasteiger charge is 2.13. The molecule has 0 aliphatic carbocycles. The molecule has 0 radical (unpaired) electrons. The van der Waals surface area contributed by atoms with Gasteiger partial charge in [-0.3, -0.25) is 11.3 Å². The van der Waals surface area contributed by atoms with Crippen molar-refractivity contribution < 1.29 is 0 Å². The van der Waals surface area contributed by atoms with Crippen molar-refractivity contribution in [1.29, 1.82) is 0 Å². The molecule has 1 aromatic carbocycles. The first-order valence-corrected chi connectivity index (χ1v) is 5.07. The summed E-state index contributed by atoms with van der Waals surface area (Å²) in [5.74, 6) is 8.16. The van der Waals surface area contributed by atoms with Gasteiger partial charge in [-0.25, -0.2) is 0 Å². The van der Waals surface area contributed by atoms with Crippen LogP contribution in [0.5, 0.6) is 0 Å². The van der Waals surface area contributed by atoms with E-state index >= 15 is 0 Å². The van der Waals surface area contributed by atoms with Crippen molar-refractivity contribution in [3.8, 4) is 12.3 Å². The Hall–Kier alpha value is -1.30. The van der Waals surface area contributed by atoms with Crippen LogP contribution in [0.3, 0.4) is 0 Å². The van der Waals surface area contributed by atoms with E-state index in [0.29, 0.717) is 6.42 Å². The molecule has 0 amide bonds. The van der Waals surface area contributed by atoms with Crippen molar-refractivity contribution in [3.05, 3.63) is 34.4 Å². The molecule has 0 aliphatic rings. The lowest BCUT2D eigenvalue weighted by Crippen LogP contribution is -2.28. The first-order chi connectivity index (χ1) is 7.10. The molecule has 0 bridgehead atoms. The summed E-state index contributed by atoms with van der Waals surface area (Å²) >= 11 is 0. The molecule has 0 spiro atoms. The Morgan fingerprint density at radius 2 is 1.87 bits per heavy atom. The van der Waals surface area contributed by atoms with Gasteiger partial charge in [0.25, 0.3) is 0 Å². The second-order valence-corrected chi connectivity index (χ2v) is 3.94. The van der Waals surface area contributed by atoms with Crippen LogP contribution >= 0.6 is 0 Å². The van der Waals surface area contributed by atoms with Crippen LogP contribution < -0.4 is 11.3 Å². The van der Waals surface area contributed by atoms with Crippen molar-refractivity contribution in [2.75, 3.05) is 0 Å². The summed E-state index contributed by atoms with van der Waals surface area (Å²) in [4.78, 5) is 0. The van der Waals surface area contributed by atoms with Gasteiger partial charge in [-0.2, -0.15) is 0 Å². The average Bonchev–Trinajstić information content (AvgIpc) is 2.14. The molecule has 2 heteroatoms. The number of aryl methyl sites for hydroxylation is 3. The minimum Gasteiger partial charge on any atom is -0.271 e. The minimum absolute atomic E-state index is 0.0515. The average molecular weight is 202 g/mol. The van der Waals surface area contributed by atoms with Crippen molar-refractivity contribution >= 4 is 0 Å². The van der Waals surface area contributed by atoms with Crippen LogP contribution in [-0.2, 0) is 0 Å². The topological polar surface area (TPSA) is 38.0 Å². The zero-order chi connectivity index (χ0) is 11.4. The van der Waals surface area contributed by atoms with Gasteiger partial charge in [-0.05, 0) is 37.5 Å². The van der Waals surface area contributed by atoms with Crippen molar-refractivity contribution in [2.24, 2.45) is 5.84 Å². The zero-order valence-corrected chi connectivity index (χ0v) is 9.59. The fourth-order valence-corrected chi connectivity index (χ4v) is 2.10. The van der Waals surface area contributed by atoms with E-state index in [-0.39, 0.29) is 6.04 Å². The Balaban J connectivity index is 3.18. The number of hydrazine groups is 1. The van der Waals surface area contributed by atoms with E-state index in [9.17, 15) is 0 Å². The molecule has 2 nitrogen and oxygen atoms in total. The summed E-state index contributed by atoms with van der Waals surface area (Å²) in [5.41, 5.74) is 7.75. The third kappa shape index (κ3) is 2.59. The van der Waals surface area contributed by atoms with Crippen LogP contribution in [0.2, 0.25) is 0 Å². The molecule has 0 heterocycles. The summed E-state index contributed by atoms with van der Waals surface area (Å²) in [6.45, 7) is 6.28. The fraction of sp³-hybridized carbons (Fsp3) is 0.385. The molecule has 80 valence electrons. The lowest BCUT2D eigenvalue weighted by Gasteiger charge is -2.19. The smallest absolute Gasteiger partial charge is 0.0574 e. The SMILES string of the molecule is C#CCC(NN)c1c(C)cc(C)cc1C. The monoisotopic (exact) mass is 202 g/mol. The van der Waals surface area contributed by atoms with Crippen molar-refractivity contribution in [2.45, 2.75) is 33.2 Å². The molecule has 1 atom stereocenters. The van der Waals surface area contributed by atoms with E-state index in [1.807, 2.05) is 0 Å². The predicted octanol–water partition coefficient (Wildman–Crippen LogP) is 2.14. The van der Waals surface area contributed by atoms with E-state index in [0.717, 1.165) is 0 Å². The van der Waals surface area contributed by atoms with Gasteiger partial charge < -0.3 is 0 Å². The maximum absolute atomic E-state index is 5.52. The Bertz CT molecular complexity index is 365. The second-order valence-electron chi connectivity index (χ2n) is 3.94.